The summed E-state index contributed by atoms with van der Waals surface area (Å²) >= 11 is 4.93. The molecule has 2 rings (SSSR count). The molecule has 0 aliphatic rings. The first-order valence-corrected chi connectivity index (χ1v) is 9.14. The van der Waals surface area contributed by atoms with Gasteiger partial charge in [-0.1, -0.05) is 6.07 Å². The Morgan fingerprint density at radius 2 is 1.75 bits per heavy atom. The third-order valence-electron chi connectivity index (χ3n) is 3.24. The maximum absolute atomic E-state index is 12.4. The van der Waals surface area contributed by atoms with Crippen LogP contribution in [0.5, 0.6) is 0 Å². The summed E-state index contributed by atoms with van der Waals surface area (Å²) in [7, 11) is 0. The van der Waals surface area contributed by atoms with Crippen LogP contribution in [-0.2, 0) is 9.59 Å². The van der Waals surface area contributed by atoms with Crippen LogP contribution >= 0.6 is 27.7 Å². The first-order valence-electron chi connectivity index (χ1n) is 7.46. The first kappa shape index (κ1) is 18.5. The molecule has 1 unspecified atom stereocenters. The Bertz CT molecular complexity index is 747. The van der Waals surface area contributed by atoms with E-state index < -0.39 is 0 Å². The molecule has 2 aromatic rings. The second kappa shape index (κ2) is 8.35. The lowest BCUT2D eigenvalue weighted by Gasteiger charge is -2.13. The molecule has 2 aromatic carbocycles. The van der Waals surface area contributed by atoms with Crippen LogP contribution in [-0.4, -0.2) is 17.1 Å². The first-order chi connectivity index (χ1) is 11.3. The van der Waals surface area contributed by atoms with Gasteiger partial charge in [0.05, 0.1) is 10.9 Å². The minimum atomic E-state index is -0.246. The summed E-state index contributed by atoms with van der Waals surface area (Å²) in [6, 6.07) is 13.2. The van der Waals surface area contributed by atoms with Crippen molar-refractivity contribution in [3.05, 3.63) is 52.5 Å². The molecule has 2 amide bonds. The van der Waals surface area contributed by atoms with Gasteiger partial charge >= 0.3 is 0 Å². The lowest BCUT2D eigenvalue weighted by Crippen LogP contribution is -2.22. The van der Waals surface area contributed by atoms with Gasteiger partial charge in [-0.3, -0.25) is 9.59 Å². The molecule has 1 atom stereocenters. The van der Waals surface area contributed by atoms with E-state index in [1.54, 1.807) is 0 Å². The second-order valence-corrected chi connectivity index (χ2v) is 7.71. The predicted molar refractivity (Wildman–Crippen MR) is 104 cm³/mol. The van der Waals surface area contributed by atoms with E-state index in [-0.39, 0.29) is 17.1 Å². The van der Waals surface area contributed by atoms with Crippen LogP contribution in [0.25, 0.3) is 0 Å². The summed E-state index contributed by atoms with van der Waals surface area (Å²) in [5, 5.41) is 5.40. The van der Waals surface area contributed by atoms with Crippen molar-refractivity contribution in [1.29, 1.82) is 0 Å². The maximum Gasteiger partial charge on any atom is 0.237 e. The highest BCUT2D eigenvalue weighted by atomic mass is 79.9. The van der Waals surface area contributed by atoms with E-state index in [1.807, 2.05) is 56.3 Å². The van der Waals surface area contributed by atoms with Gasteiger partial charge in [0.15, 0.2) is 0 Å². The Hall–Kier alpha value is -1.79. The van der Waals surface area contributed by atoms with Crippen molar-refractivity contribution < 1.29 is 9.59 Å². The zero-order valence-corrected chi connectivity index (χ0v) is 16.1. The second-order valence-electron chi connectivity index (χ2n) is 5.44. The van der Waals surface area contributed by atoms with Gasteiger partial charge in [-0.2, -0.15) is 0 Å². The standard InChI is InChI=1S/C18H19BrN2O2S/c1-11-4-9-17(16(19)10-11)21-18(23)12(2)24-15-7-5-14(6-8-15)20-13(3)22/h4-10,12H,1-3H3,(H,20,22)(H,21,23). The molecule has 0 spiro atoms. The minimum absolute atomic E-state index is 0.0597. The largest absolute Gasteiger partial charge is 0.326 e. The number of carbonyl (C=O) groups excluding carboxylic acids is 2. The number of nitrogens with one attached hydrogen (secondary N) is 2. The third kappa shape index (κ3) is 5.39. The van der Waals surface area contributed by atoms with Crippen LogP contribution < -0.4 is 10.6 Å². The number of thioether (sulfide) groups is 1. The Balaban J connectivity index is 1.97. The van der Waals surface area contributed by atoms with Crippen LogP contribution in [0.3, 0.4) is 0 Å². The molecule has 0 aliphatic carbocycles. The normalized spacial score (nSPS) is 11.7. The average Bonchev–Trinajstić information content (AvgIpc) is 2.51. The van der Waals surface area contributed by atoms with Gasteiger partial charge in [-0.05, 0) is 71.7 Å². The number of carbonyl (C=O) groups is 2. The number of halogens is 1. The number of anilines is 2. The smallest absolute Gasteiger partial charge is 0.237 e. The Morgan fingerprint density at radius 3 is 2.33 bits per heavy atom. The van der Waals surface area contributed by atoms with Gasteiger partial charge in [0.2, 0.25) is 11.8 Å². The van der Waals surface area contributed by atoms with E-state index >= 15 is 0 Å². The number of hydrogen-bond donors (Lipinski definition) is 2. The van der Waals surface area contributed by atoms with Crippen molar-refractivity contribution in [2.24, 2.45) is 0 Å². The highest BCUT2D eigenvalue weighted by molar-refractivity contribution is 9.10. The molecule has 0 fully saturated rings. The summed E-state index contributed by atoms with van der Waals surface area (Å²) in [6.07, 6.45) is 0. The van der Waals surface area contributed by atoms with Gasteiger partial charge < -0.3 is 10.6 Å². The molecule has 0 aliphatic heterocycles. The summed E-state index contributed by atoms with van der Waals surface area (Å²) < 4.78 is 0.868. The van der Waals surface area contributed by atoms with Crippen molar-refractivity contribution >= 4 is 50.9 Å². The molecule has 4 nitrogen and oxygen atoms in total. The summed E-state index contributed by atoms with van der Waals surface area (Å²) in [6.45, 7) is 5.33. The number of hydrogen-bond acceptors (Lipinski definition) is 3. The van der Waals surface area contributed by atoms with Gasteiger partial charge in [0.25, 0.3) is 0 Å². The van der Waals surface area contributed by atoms with E-state index in [2.05, 4.69) is 26.6 Å². The van der Waals surface area contributed by atoms with Crippen molar-refractivity contribution in [2.75, 3.05) is 10.6 Å². The van der Waals surface area contributed by atoms with E-state index in [0.717, 1.165) is 26.3 Å². The summed E-state index contributed by atoms with van der Waals surface area (Å²) in [5.74, 6) is -0.165. The molecule has 0 aromatic heterocycles. The molecular formula is C18H19BrN2O2S. The monoisotopic (exact) mass is 406 g/mol. The molecule has 2 N–H and O–H groups in total. The highest BCUT2D eigenvalue weighted by Gasteiger charge is 2.15. The van der Waals surface area contributed by atoms with Crippen LogP contribution in [0.4, 0.5) is 11.4 Å². The van der Waals surface area contributed by atoms with E-state index in [0.29, 0.717) is 0 Å². The molecule has 24 heavy (non-hydrogen) atoms. The lowest BCUT2D eigenvalue weighted by molar-refractivity contribution is -0.115. The van der Waals surface area contributed by atoms with Crippen LogP contribution in [0.1, 0.15) is 19.4 Å². The molecule has 0 saturated heterocycles. The molecule has 0 bridgehead atoms. The number of amides is 2. The molecule has 0 radical (unpaired) electrons. The Labute approximate surface area is 154 Å². The third-order valence-corrected chi connectivity index (χ3v) is 5.01. The quantitative estimate of drug-likeness (QED) is 0.698. The zero-order valence-electron chi connectivity index (χ0n) is 13.7. The molecule has 126 valence electrons. The van der Waals surface area contributed by atoms with Crippen LogP contribution in [0.2, 0.25) is 0 Å². The van der Waals surface area contributed by atoms with Gasteiger partial charge in [0.1, 0.15) is 0 Å². The van der Waals surface area contributed by atoms with E-state index in [9.17, 15) is 9.59 Å². The van der Waals surface area contributed by atoms with Crippen molar-refractivity contribution in [3.63, 3.8) is 0 Å². The molecule has 6 heteroatoms. The Morgan fingerprint density at radius 1 is 1.08 bits per heavy atom. The Kier molecular flexibility index (Phi) is 6.45. The number of aryl methyl sites for hydroxylation is 1. The van der Waals surface area contributed by atoms with Gasteiger partial charge in [-0.15, -0.1) is 11.8 Å². The van der Waals surface area contributed by atoms with Crippen LogP contribution in [0, 0.1) is 6.92 Å². The number of rotatable bonds is 5. The molecular weight excluding hydrogens is 388 g/mol. The number of benzene rings is 2. The van der Waals surface area contributed by atoms with Crippen molar-refractivity contribution in [1.82, 2.24) is 0 Å². The fourth-order valence-corrected chi connectivity index (χ4v) is 3.49. The fourth-order valence-electron chi connectivity index (χ4n) is 2.03. The van der Waals surface area contributed by atoms with Gasteiger partial charge in [-0.25, -0.2) is 0 Å². The minimum Gasteiger partial charge on any atom is -0.326 e. The molecule has 0 heterocycles. The zero-order chi connectivity index (χ0) is 17.7. The SMILES string of the molecule is CC(=O)Nc1ccc(SC(C)C(=O)Nc2ccc(C)cc2Br)cc1. The van der Waals surface area contributed by atoms with E-state index in [1.165, 1.54) is 18.7 Å². The van der Waals surface area contributed by atoms with Crippen molar-refractivity contribution in [2.45, 2.75) is 30.9 Å². The highest BCUT2D eigenvalue weighted by Crippen LogP contribution is 2.28. The topological polar surface area (TPSA) is 58.2 Å². The van der Waals surface area contributed by atoms with E-state index in [4.69, 9.17) is 0 Å². The molecule has 0 saturated carbocycles. The van der Waals surface area contributed by atoms with Crippen LogP contribution in [0.15, 0.2) is 51.8 Å². The summed E-state index contributed by atoms with van der Waals surface area (Å²) in [5.41, 5.74) is 2.63. The maximum atomic E-state index is 12.4. The predicted octanol–water partition coefficient (Wildman–Crippen LogP) is 4.84. The van der Waals surface area contributed by atoms with Crippen molar-refractivity contribution in [3.8, 4) is 0 Å². The average molecular weight is 407 g/mol. The summed E-state index contributed by atoms with van der Waals surface area (Å²) in [4.78, 5) is 24.3. The lowest BCUT2D eigenvalue weighted by atomic mass is 10.2. The fraction of sp³-hybridized carbons (Fsp3) is 0.222. The van der Waals surface area contributed by atoms with Gasteiger partial charge in [0, 0.05) is 22.0 Å².